The molecule has 1 N–H and O–H groups in total. The Labute approximate surface area is 161 Å². The number of carbonyl (C=O) groups is 1. The third kappa shape index (κ3) is 5.41. The molecule has 26 heavy (non-hydrogen) atoms. The SMILES string of the molecule is O=C(COc1cc(Cl)cc(Cl)c1)Nc1ccc(Oc2ccccc2)cc1. The van der Waals surface area contributed by atoms with E-state index in [9.17, 15) is 4.79 Å². The summed E-state index contributed by atoms with van der Waals surface area (Å²) in [5.41, 5.74) is 0.642. The first-order valence-electron chi connectivity index (χ1n) is 7.80. The van der Waals surface area contributed by atoms with Crippen LogP contribution >= 0.6 is 23.2 Å². The lowest BCUT2D eigenvalue weighted by Gasteiger charge is -2.09. The second-order valence-electron chi connectivity index (χ2n) is 5.38. The Kier molecular flexibility index (Phi) is 6.00. The maximum absolute atomic E-state index is 12.0. The van der Waals surface area contributed by atoms with Crippen molar-refractivity contribution < 1.29 is 14.3 Å². The molecule has 0 saturated carbocycles. The molecule has 3 rings (SSSR count). The van der Waals surface area contributed by atoms with Crippen molar-refractivity contribution in [3.05, 3.63) is 82.8 Å². The highest BCUT2D eigenvalue weighted by Crippen LogP contribution is 2.25. The molecule has 0 bridgehead atoms. The van der Waals surface area contributed by atoms with Gasteiger partial charge in [-0.15, -0.1) is 0 Å². The summed E-state index contributed by atoms with van der Waals surface area (Å²) in [6.45, 7) is -0.154. The molecule has 4 nitrogen and oxygen atoms in total. The van der Waals surface area contributed by atoms with Gasteiger partial charge < -0.3 is 14.8 Å². The molecule has 132 valence electrons. The molecule has 6 heteroatoms. The van der Waals surface area contributed by atoms with Gasteiger partial charge in [-0.25, -0.2) is 0 Å². The molecule has 0 aliphatic heterocycles. The predicted molar refractivity (Wildman–Crippen MR) is 104 cm³/mol. The molecule has 3 aromatic carbocycles. The average Bonchev–Trinajstić information content (AvgIpc) is 2.62. The summed E-state index contributed by atoms with van der Waals surface area (Å²) < 4.78 is 11.1. The minimum absolute atomic E-state index is 0.154. The smallest absolute Gasteiger partial charge is 0.262 e. The number of rotatable bonds is 6. The number of anilines is 1. The molecule has 0 fully saturated rings. The second kappa shape index (κ2) is 8.61. The summed E-state index contributed by atoms with van der Waals surface area (Å²) in [4.78, 5) is 12.0. The van der Waals surface area contributed by atoms with E-state index >= 15 is 0 Å². The molecule has 1 amide bonds. The lowest BCUT2D eigenvalue weighted by molar-refractivity contribution is -0.118. The van der Waals surface area contributed by atoms with Gasteiger partial charge in [-0.3, -0.25) is 4.79 Å². The third-order valence-electron chi connectivity index (χ3n) is 3.32. The minimum atomic E-state index is -0.294. The maximum Gasteiger partial charge on any atom is 0.262 e. The normalized spacial score (nSPS) is 10.2. The summed E-state index contributed by atoms with van der Waals surface area (Å²) in [5, 5.41) is 3.64. The van der Waals surface area contributed by atoms with Crippen molar-refractivity contribution in [1.82, 2.24) is 0 Å². The molecule has 0 atom stereocenters. The van der Waals surface area contributed by atoms with Gasteiger partial charge in [-0.05, 0) is 54.6 Å². The van der Waals surface area contributed by atoms with Crippen LogP contribution in [0, 0.1) is 0 Å². The Morgan fingerprint density at radius 1 is 0.808 bits per heavy atom. The fraction of sp³-hybridized carbons (Fsp3) is 0.0500. The van der Waals surface area contributed by atoms with Crippen LogP contribution in [0.15, 0.2) is 72.8 Å². The lowest BCUT2D eigenvalue weighted by Crippen LogP contribution is -2.20. The van der Waals surface area contributed by atoms with Crippen molar-refractivity contribution in [2.24, 2.45) is 0 Å². The Hall–Kier alpha value is -2.69. The van der Waals surface area contributed by atoms with Crippen LogP contribution in [-0.4, -0.2) is 12.5 Å². The summed E-state index contributed by atoms with van der Waals surface area (Å²) in [5.74, 6) is 1.57. The van der Waals surface area contributed by atoms with Crippen molar-refractivity contribution in [3.63, 3.8) is 0 Å². The number of carbonyl (C=O) groups excluding carboxylic acids is 1. The van der Waals surface area contributed by atoms with Crippen LogP contribution in [0.1, 0.15) is 0 Å². The average molecular weight is 388 g/mol. The number of hydrogen-bond acceptors (Lipinski definition) is 3. The number of benzene rings is 3. The zero-order valence-electron chi connectivity index (χ0n) is 13.6. The highest BCUT2D eigenvalue weighted by molar-refractivity contribution is 6.34. The summed E-state index contributed by atoms with van der Waals surface area (Å²) in [7, 11) is 0. The van der Waals surface area contributed by atoms with E-state index in [-0.39, 0.29) is 12.5 Å². The number of nitrogens with one attached hydrogen (secondary N) is 1. The monoisotopic (exact) mass is 387 g/mol. The van der Waals surface area contributed by atoms with Crippen LogP contribution < -0.4 is 14.8 Å². The summed E-state index contributed by atoms with van der Waals surface area (Å²) in [6, 6.07) is 21.3. The fourth-order valence-electron chi connectivity index (χ4n) is 2.19. The molecule has 0 aliphatic rings. The minimum Gasteiger partial charge on any atom is -0.484 e. The van der Waals surface area contributed by atoms with Crippen molar-refractivity contribution >= 4 is 34.8 Å². The van der Waals surface area contributed by atoms with Gasteiger partial charge in [-0.1, -0.05) is 41.4 Å². The summed E-state index contributed by atoms with van der Waals surface area (Å²) in [6.07, 6.45) is 0. The van der Waals surface area contributed by atoms with E-state index in [0.717, 1.165) is 5.75 Å². The molecule has 0 aromatic heterocycles. The number of para-hydroxylation sites is 1. The van der Waals surface area contributed by atoms with Gasteiger partial charge in [0.25, 0.3) is 5.91 Å². The maximum atomic E-state index is 12.0. The first-order chi connectivity index (χ1) is 12.6. The molecule has 0 spiro atoms. The standard InChI is InChI=1S/C20H15Cl2NO3/c21-14-10-15(22)12-19(11-14)25-13-20(24)23-16-6-8-18(9-7-16)26-17-4-2-1-3-5-17/h1-12H,13H2,(H,23,24). The van der Waals surface area contributed by atoms with Gasteiger partial charge in [0.15, 0.2) is 6.61 Å². The predicted octanol–water partition coefficient (Wildman–Crippen LogP) is 5.80. The first kappa shape index (κ1) is 18.1. The Morgan fingerprint density at radius 2 is 1.42 bits per heavy atom. The van der Waals surface area contributed by atoms with Gasteiger partial charge >= 0.3 is 0 Å². The number of amides is 1. The van der Waals surface area contributed by atoms with Gasteiger partial charge in [0.05, 0.1) is 0 Å². The van der Waals surface area contributed by atoms with Crippen LogP contribution in [0.4, 0.5) is 5.69 Å². The zero-order valence-corrected chi connectivity index (χ0v) is 15.1. The van der Waals surface area contributed by atoms with E-state index in [1.54, 1.807) is 42.5 Å². The van der Waals surface area contributed by atoms with E-state index in [4.69, 9.17) is 32.7 Å². The highest BCUT2D eigenvalue weighted by Gasteiger charge is 2.06. The zero-order chi connectivity index (χ0) is 18.4. The van der Waals surface area contributed by atoms with E-state index in [0.29, 0.717) is 27.2 Å². The summed E-state index contributed by atoms with van der Waals surface area (Å²) >= 11 is 11.8. The highest BCUT2D eigenvalue weighted by atomic mass is 35.5. The molecule has 0 heterocycles. The lowest BCUT2D eigenvalue weighted by atomic mass is 10.3. The second-order valence-corrected chi connectivity index (χ2v) is 6.25. The van der Waals surface area contributed by atoms with Crippen molar-refractivity contribution in [1.29, 1.82) is 0 Å². The van der Waals surface area contributed by atoms with E-state index in [1.807, 2.05) is 30.3 Å². The van der Waals surface area contributed by atoms with Gasteiger partial charge in [0.2, 0.25) is 0 Å². The van der Waals surface area contributed by atoms with Crippen LogP contribution in [-0.2, 0) is 4.79 Å². The van der Waals surface area contributed by atoms with Crippen LogP contribution in [0.25, 0.3) is 0 Å². The Bertz CT molecular complexity index is 863. The Balaban J connectivity index is 1.52. The molecule has 0 saturated heterocycles. The number of halogens is 2. The molecule has 0 radical (unpaired) electrons. The number of hydrogen-bond donors (Lipinski definition) is 1. The molecule has 3 aromatic rings. The molecule has 0 aliphatic carbocycles. The van der Waals surface area contributed by atoms with E-state index < -0.39 is 0 Å². The van der Waals surface area contributed by atoms with Crippen LogP contribution in [0.5, 0.6) is 17.2 Å². The van der Waals surface area contributed by atoms with Crippen molar-refractivity contribution in [2.75, 3.05) is 11.9 Å². The largest absolute Gasteiger partial charge is 0.484 e. The first-order valence-corrected chi connectivity index (χ1v) is 8.56. The molecular weight excluding hydrogens is 373 g/mol. The quantitative estimate of drug-likeness (QED) is 0.580. The van der Waals surface area contributed by atoms with Crippen LogP contribution in [0.2, 0.25) is 10.0 Å². The van der Waals surface area contributed by atoms with Crippen molar-refractivity contribution in [3.8, 4) is 17.2 Å². The van der Waals surface area contributed by atoms with Crippen LogP contribution in [0.3, 0.4) is 0 Å². The molecule has 0 unspecified atom stereocenters. The number of ether oxygens (including phenoxy) is 2. The van der Waals surface area contributed by atoms with Gasteiger partial charge in [0, 0.05) is 15.7 Å². The topological polar surface area (TPSA) is 47.6 Å². The third-order valence-corrected chi connectivity index (χ3v) is 3.76. The van der Waals surface area contributed by atoms with Gasteiger partial charge in [-0.2, -0.15) is 0 Å². The van der Waals surface area contributed by atoms with E-state index in [2.05, 4.69) is 5.32 Å². The Morgan fingerprint density at radius 3 is 2.08 bits per heavy atom. The van der Waals surface area contributed by atoms with Gasteiger partial charge in [0.1, 0.15) is 17.2 Å². The van der Waals surface area contributed by atoms with E-state index in [1.165, 1.54) is 0 Å². The van der Waals surface area contributed by atoms with Crippen molar-refractivity contribution in [2.45, 2.75) is 0 Å². The fourth-order valence-corrected chi connectivity index (χ4v) is 2.69. The molecular formula is C20H15Cl2NO3.